The molecule has 100 valence electrons. The predicted octanol–water partition coefficient (Wildman–Crippen LogP) is 4.02. The Morgan fingerprint density at radius 1 is 1.05 bits per heavy atom. The number of anilines is 1. The van der Waals surface area contributed by atoms with Gasteiger partial charge in [-0.2, -0.15) is 13.2 Å². The van der Waals surface area contributed by atoms with Crippen LogP contribution in [0.5, 0.6) is 0 Å². The lowest BCUT2D eigenvalue weighted by Crippen LogP contribution is -2.10. The van der Waals surface area contributed by atoms with Crippen molar-refractivity contribution in [1.82, 2.24) is 4.98 Å². The summed E-state index contributed by atoms with van der Waals surface area (Å²) < 4.78 is 37.5. The number of rotatable bonds is 3. The number of nitrogens with one attached hydrogen (secondary N) is 1. The van der Waals surface area contributed by atoms with Crippen LogP contribution in [0, 0.1) is 6.92 Å². The van der Waals surface area contributed by atoms with Gasteiger partial charge in [0.15, 0.2) is 0 Å². The smallest absolute Gasteiger partial charge is 0.366 e. The summed E-state index contributed by atoms with van der Waals surface area (Å²) in [5.41, 5.74) is 1.23. The van der Waals surface area contributed by atoms with E-state index in [0.717, 1.165) is 17.2 Å². The first-order valence-corrected chi connectivity index (χ1v) is 5.79. The molecule has 1 aromatic carbocycles. The molecule has 2 nitrogen and oxygen atoms in total. The van der Waals surface area contributed by atoms with Crippen LogP contribution in [0.25, 0.3) is 0 Å². The first kappa shape index (κ1) is 13.4. The van der Waals surface area contributed by atoms with Crippen molar-refractivity contribution in [2.75, 3.05) is 5.32 Å². The SMILES string of the molecule is Cc1ccccc1CNc1cccc(C(F)(F)F)n1. The van der Waals surface area contributed by atoms with Crippen molar-refractivity contribution in [3.05, 3.63) is 59.3 Å². The molecule has 1 heterocycles. The van der Waals surface area contributed by atoms with Gasteiger partial charge in [-0.15, -0.1) is 0 Å². The first-order chi connectivity index (χ1) is 8.97. The van der Waals surface area contributed by atoms with Crippen LogP contribution in [-0.4, -0.2) is 4.98 Å². The number of aromatic nitrogens is 1. The van der Waals surface area contributed by atoms with E-state index in [-0.39, 0.29) is 5.82 Å². The van der Waals surface area contributed by atoms with E-state index in [1.165, 1.54) is 12.1 Å². The monoisotopic (exact) mass is 266 g/mol. The number of nitrogens with zero attached hydrogens (tertiary/aromatic N) is 1. The fourth-order valence-electron chi connectivity index (χ4n) is 1.69. The van der Waals surface area contributed by atoms with Gasteiger partial charge in [-0.05, 0) is 30.2 Å². The third-order valence-corrected chi connectivity index (χ3v) is 2.76. The van der Waals surface area contributed by atoms with E-state index in [9.17, 15) is 13.2 Å². The van der Waals surface area contributed by atoms with Crippen molar-refractivity contribution >= 4 is 5.82 Å². The molecule has 5 heteroatoms. The zero-order valence-corrected chi connectivity index (χ0v) is 10.3. The van der Waals surface area contributed by atoms with Gasteiger partial charge in [-0.3, -0.25) is 0 Å². The maximum Gasteiger partial charge on any atom is 0.433 e. The molecule has 1 N–H and O–H groups in total. The minimum atomic E-state index is -4.42. The minimum absolute atomic E-state index is 0.220. The average molecular weight is 266 g/mol. The predicted molar refractivity (Wildman–Crippen MR) is 67.7 cm³/mol. The number of halogens is 3. The molecule has 0 fully saturated rings. The van der Waals surface area contributed by atoms with E-state index in [0.29, 0.717) is 6.54 Å². The summed E-state index contributed by atoms with van der Waals surface area (Å²) in [5.74, 6) is 0.220. The highest BCUT2D eigenvalue weighted by molar-refractivity contribution is 5.38. The Morgan fingerprint density at radius 3 is 2.47 bits per heavy atom. The van der Waals surface area contributed by atoms with Crippen LogP contribution in [0.1, 0.15) is 16.8 Å². The standard InChI is InChI=1S/C14H13F3N2/c1-10-5-2-3-6-11(10)9-18-13-8-4-7-12(19-13)14(15,16)17/h2-8H,9H2,1H3,(H,18,19). The molecule has 0 unspecified atom stereocenters. The van der Waals surface area contributed by atoms with Crippen molar-refractivity contribution in [3.63, 3.8) is 0 Å². The third kappa shape index (κ3) is 3.47. The Bertz CT molecular complexity index is 565. The zero-order chi connectivity index (χ0) is 13.9. The van der Waals surface area contributed by atoms with Crippen LogP contribution in [0.3, 0.4) is 0 Å². The van der Waals surface area contributed by atoms with Gasteiger partial charge < -0.3 is 5.32 Å². The third-order valence-electron chi connectivity index (χ3n) is 2.76. The number of aryl methyl sites for hydroxylation is 1. The van der Waals surface area contributed by atoms with Crippen molar-refractivity contribution in [2.45, 2.75) is 19.6 Å². The Balaban J connectivity index is 2.10. The Kier molecular flexibility index (Phi) is 3.74. The maximum atomic E-state index is 12.5. The van der Waals surface area contributed by atoms with Gasteiger partial charge in [0, 0.05) is 6.54 Å². The summed E-state index contributed by atoms with van der Waals surface area (Å²) in [6, 6.07) is 11.5. The Hall–Kier alpha value is -2.04. The van der Waals surface area contributed by atoms with Crippen LogP contribution in [-0.2, 0) is 12.7 Å². The minimum Gasteiger partial charge on any atom is -0.366 e. The molecule has 19 heavy (non-hydrogen) atoms. The Labute approximate surface area is 109 Å². The van der Waals surface area contributed by atoms with Crippen LogP contribution in [0.4, 0.5) is 19.0 Å². The molecule has 0 saturated carbocycles. The van der Waals surface area contributed by atoms with E-state index in [4.69, 9.17) is 0 Å². The molecular formula is C14H13F3N2. The average Bonchev–Trinajstić information content (AvgIpc) is 2.37. The van der Waals surface area contributed by atoms with E-state index in [1.807, 2.05) is 31.2 Å². The molecule has 0 amide bonds. The molecule has 0 atom stereocenters. The van der Waals surface area contributed by atoms with Crippen LogP contribution >= 0.6 is 0 Å². The van der Waals surface area contributed by atoms with Gasteiger partial charge in [0.1, 0.15) is 11.5 Å². The molecule has 0 aliphatic carbocycles. The topological polar surface area (TPSA) is 24.9 Å². The fourth-order valence-corrected chi connectivity index (χ4v) is 1.69. The molecule has 0 aliphatic rings. The van der Waals surface area contributed by atoms with E-state index in [1.54, 1.807) is 0 Å². The van der Waals surface area contributed by atoms with Crippen LogP contribution < -0.4 is 5.32 Å². The van der Waals surface area contributed by atoms with Crippen molar-refractivity contribution in [3.8, 4) is 0 Å². The number of alkyl halides is 3. The molecule has 1 aromatic heterocycles. The summed E-state index contributed by atoms with van der Waals surface area (Å²) in [6.07, 6.45) is -4.42. The molecule has 0 saturated heterocycles. The lowest BCUT2D eigenvalue weighted by Gasteiger charge is -2.10. The first-order valence-electron chi connectivity index (χ1n) is 5.79. The van der Waals surface area contributed by atoms with Gasteiger partial charge in [0.05, 0.1) is 0 Å². The number of benzene rings is 1. The van der Waals surface area contributed by atoms with Gasteiger partial charge in [-0.25, -0.2) is 4.98 Å². The van der Waals surface area contributed by atoms with Crippen LogP contribution in [0.15, 0.2) is 42.5 Å². The van der Waals surface area contributed by atoms with Gasteiger partial charge in [0.2, 0.25) is 0 Å². The van der Waals surface area contributed by atoms with Crippen molar-refractivity contribution < 1.29 is 13.2 Å². The van der Waals surface area contributed by atoms with Crippen LogP contribution in [0.2, 0.25) is 0 Å². The van der Waals surface area contributed by atoms with Gasteiger partial charge >= 0.3 is 6.18 Å². The van der Waals surface area contributed by atoms with Gasteiger partial charge in [-0.1, -0.05) is 30.3 Å². The van der Waals surface area contributed by atoms with E-state index in [2.05, 4.69) is 10.3 Å². The van der Waals surface area contributed by atoms with E-state index < -0.39 is 11.9 Å². The number of pyridine rings is 1. The second kappa shape index (κ2) is 5.30. The summed E-state index contributed by atoms with van der Waals surface area (Å²) >= 11 is 0. The number of hydrogen-bond donors (Lipinski definition) is 1. The summed E-state index contributed by atoms with van der Waals surface area (Å²) in [6.45, 7) is 2.40. The molecule has 0 bridgehead atoms. The van der Waals surface area contributed by atoms with Crippen molar-refractivity contribution in [1.29, 1.82) is 0 Å². The lowest BCUT2D eigenvalue weighted by molar-refractivity contribution is -0.141. The highest BCUT2D eigenvalue weighted by Crippen LogP contribution is 2.28. The summed E-state index contributed by atoms with van der Waals surface area (Å²) in [4.78, 5) is 3.55. The lowest BCUT2D eigenvalue weighted by atomic mass is 10.1. The van der Waals surface area contributed by atoms with Crippen molar-refractivity contribution in [2.24, 2.45) is 0 Å². The molecule has 2 aromatic rings. The zero-order valence-electron chi connectivity index (χ0n) is 10.3. The maximum absolute atomic E-state index is 12.5. The normalized spacial score (nSPS) is 11.4. The molecule has 0 spiro atoms. The Morgan fingerprint density at radius 2 is 1.79 bits per heavy atom. The second-order valence-corrected chi connectivity index (χ2v) is 4.19. The molecule has 0 aliphatic heterocycles. The van der Waals surface area contributed by atoms with E-state index >= 15 is 0 Å². The summed E-state index contributed by atoms with van der Waals surface area (Å²) in [5, 5.41) is 2.90. The molecule has 0 radical (unpaired) electrons. The quantitative estimate of drug-likeness (QED) is 0.907. The highest BCUT2D eigenvalue weighted by atomic mass is 19.4. The van der Waals surface area contributed by atoms with Gasteiger partial charge in [0.25, 0.3) is 0 Å². The fraction of sp³-hybridized carbons (Fsp3) is 0.214. The number of hydrogen-bond acceptors (Lipinski definition) is 2. The molecule has 2 rings (SSSR count). The highest BCUT2D eigenvalue weighted by Gasteiger charge is 2.32. The largest absolute Gasteiger partial charge is 0.433 e. The summed E-state index contributed by atoms with van der Waals surface area (Å²) in [7, 11) is 0. The second-order valence-electron chi connectivity index (χ2n) is 4.19. The molecular weight excluding hydrogens is 253 g/mol.